The van der Waals surface area contributed by atoms with Crippen LogP contribution in [0, 0.1) is 20.8 Å². The molecule has 2 aliphatic heterocycles. The lowest BCUT2D eigenvalue weighted by molar-refractivity contribution is -0.143. The Hall–Kier alpha value is -2.03. The molecule has 1 aromatic rings. The topological polar surface area (TPSA) is 67.4 Å². The normalized spacial score (nSPS) is 27.6. The van der Waals surface area contributed by atoms with Crippen molar-refractivity contribution in [3.05, 3.63) is 86.1 Å². The van der Waals surface area contributed by atoms with Gasteiger partial charge in [0.25, 0.3) is 0 Å². The Kier molecular flexibility index (Phi) is 10.6. The van der Waals surface area contributed by atoms with Gasteiger partial charge < -0.3 is 15.4 Å². The number of halogens is 3. The predicted molar refractivity (Wildman–Crippen MR) is 171 cm³/mol. The summed E-state index contributed by atoms with van der Waals surface area (Å²) in [4.78, 5) is 27.6. The van der Waals surface area contributed by atoms with Gasteiger partial charge in [-0.2, -0.15) is 0 Å². The lowest BCUT2D eigenvalue weighted by Gasteiger charge is -2.48. The standard InChI is InChI=1S/C32H37Cl2IN2O3/c1-4-8-21(33)16-24-19-32(31(39)36-24)27(20-11-7-12-22(34)15-20)18-29(38)37-30(32)26-17-23(35)13-14-28(26)40-25(9-5-2)10-6-3/h4,7-8,11-14,16-17,20,25,27,30H,1,5-6,9-10,15,18-19H2,2-3H3,(H,36,39)(H,37,38)/b21-8+,24-16+/t20?,27-,30+,32-/m0/s1. The summed E-state index contributed by atoms with van der Waals surface area (Å²) in [7, 11) is 0. The predicted octanol–water partition coefficient (Wildman–Crippen LogP) is 8.21. The molecule has 1 spiro atoms. The van der Waals surface area contributed by atoms with Crippen molar-refractivity contribution < 1.29 is 14.3 Å². The molecule has 8 heteroatoms. The molecule has 0 bridgehead atoms. The third-order valence-corrected chi connectivity index (χ3v) is 9.22. The van der Waals surface area contributed by atoms with Gasteiger partial charge in [0.2, 0.25) is 11.8 Å². The van der Waals surface area contributed by atoms with E-state index in [9.17, 15) is 9.59 Å². The van der Waals surface area contributed by atoms with Crippen LogP contribution in [0.25, 0.3) is 0 Å². The van der Waals surface area contributed by atoms with E-state index in [-0.39, 0.29) is 36.2 Å². The first-order valence-corrected chi connectivity index (χ1v) is 15.8. The molecule has 0 saturated carbocycles. The van der Waals surface area contributed by atoms with Gasteiger partial charge in [0.05, 0.1) is 17.6 Å². The van der Waals surface area contributed by atoms with Crippen LogP contribution in [0.3, 0.4) is 0 Å². The number of carbonyl (C=O) groups is 2. The number of piperidine rings is 1. The highest BCUT2D eigenvalue weighted by Gasteiger charge is 2.61. The molecule has 2 saturated heterocycles. The van der Waals surface area contributed by atoms with Crippen molar-refractivity contribution in [2.45, 2.75) is 70.9 Å². The minimum absolute atomic E-state index is 0.0563. The largest absolute Gasteiger partial charge is 0.490 e. The third kappa shape index (κ3) is 6.71. The van der Waals surface area contributed by atoms with E-state index in [4.69, 9.17) is 27.9 Å². The van der Waals surface area contributed by atoms with Gasteiger partial charge in [-0.1, -0.05) is 74.7 Å². The van der Waals surface area contributed by atoms with Crippen LogP contribution in [0.2, 0.25) is 0 Å². The van der Waals surface area contributed by atoms with Crippen molar-refractivity contribution in [2.24, 2.45) is 17.3 Å². The maximum absolute atomic E-state index is 14.2. The number of hydrogen-bond donors (Lipinski definition) is 2. The first-order chi connectivity index (χ1) is 19.2. The van der Waals surface area contributed by atoms with Crippen molar-refractivity contribution in [3.8, 4) is 5.75 Å². The van der Waals surface area contributed by atoms with Gasteiger partial charge in [-0.25, -0.2) is 0 Å². The molecule has 3 aliphatic rings. The summed E-state index contributed by atoms with van der Waals surface area (Å²) >= 11 is 15.2. The second-order valence-corrected chi connectivity index (χ2v) is 13.0. The fraction of sp³-hybridized carbons (Fsp3) is 0.438. The van der Waals surface area contributed by atoms with Crippen molar-refractivity contribution in [1.82, 2.24) is 10.6 Å². The Morgan fingerprint density at radius 3 is 2.67 bits per heavy atom. The van der Waals surface area contributed by atoms with E-state index < -0.39 is 11.5 Å². The quantitative estimate of drug-likeness (QED) is 0.192. The molecule has 2 fully saturated rings. The van der Waals surface area contributed by atoms with Crippen LogP contribution in [0.1, 0.15) is 70.4 Å². The van der Waals surface area contributed by atoms with Crippen LogP contribution in [0.4, 0.5) is 0 Å². The number of carbonyl (C=O) groups excluding carboxylic acids is 2. The molecule has 2 N–H and O–H groups in total. The highest BCUT2D eigenvalue weighted by atomic mass is 127. The van der Waals surface area contributed by atoms with Crippen LogP contribution in [-0.2, 0) is 9.59 Å². The average molecular weight is 695 g/mol. The van der Waals surface area contributed by atoms with Gasteiger partial charge in [-0.3, -0.25) is 9.59 Å². The van der Waals surface area contributed by atoms with E-state index in [0.29, 0.717) is 29.3 Å². The summed E-state index contributed by atoms with van der Waals surface area (Å²) in [5, 5.41) is 7.54. The first kappa shape index (κ1) is 30.9. The fourth-order valence-corrected chi connectivity index (χ4v) is 7.35. The Bertz CT molecular complexity index is 1260. The van der Waals surface area contributed by atoms with Crippen LogP contribution in [0.15, 0.2) is 77.0 Å². The van der Waals surface area contributed by atoms with Crippen LogP contribution >= 0.6 is 45.8 Å². The monoisotopic (exact) mass is 694 g/mol. The van der Waals surface area contributed by atoms with Crippen molar-refractivity contribution in [2.75, 3.05) is 0 Å². The highest BCUT2D eigenvalue weighted by molar-refractivity contribution is 14.1. The SMILES string of the molecule is C=C/C=C(Cl)\C=C1/C[C@@]2(C(=O)N1)[C@@H](c1cc(I)ccc1OC(CCC)CCC)NC(=O)C[C@H]2C1C=CC=C(Cl)C1. The Labute approximate surface area is 261 Å². The Morgan fingerprint density at radius 1 is 1.25 bits per heavy atom. The van der Waals surface area contributed by atoms with Gasteiger partial charge in [0, 0.05) is 37.7 Å². The molecule has 2 amide bonds. The lowest BCUT2D eigenvalue weighted by atomic mass is 9.58. The smallest absolute Gasteiger partial charge is 0.233 e. The molecule has 4 atom stereocenters. The summed E-state index contributed by atoms with van der Waals surface area (Å²) in [6, 6.07) is 5.44. The Balaban J connectivity index is 1.87. The Morgan fingerprint density at radius 2 is 2.00 bits per heavy atom. The molecule has 40 heavy (non-hydrogen) atoms. The zero-order valence-electron chi connectivity index (χ0n) is 23.0. The molecule has 0 aromatic heterocycles. The fourth-order valence-electron chi connectivity index (χ4n) is 6.36. The minimum atomic E-state index is -0.970. The maximum atomic E-state index is 14.2. The van der Waals surface area contributed by atoms with E-state index in [1.165, 1.54) is 0 Å². The van der Waals surface area contributed by atoms with Crippen molar-refractivity contribution in [1.29, 1.82) is 0 Å². The van der Waals surface area contributed by atoms with E-state index in [2.05, 4.69) is 59.7 Å². The zero-order chi connectivity index (χ0) is 28.9. The van der Waals surface area contributed by atoms with Gasteiger partial charge in [0.1, 0.15) is 5.75 Å². The molecule has 1 unspecified atom stereocenters. The number of benzene rings is 1. The number of rotatable bonds is 10. The van der Waals surface area contributed by atoms with E-state index in [0.717, 1.165) is 39.8 Å². The van der Waals surface area contributed by atoms with E-state index in [1.54, 1.807) is 18.2 Å². The molecule has 4 rings (SSSR count). The molecular formula is C32H37Cl2IN2O3. The molecule has 1 aliphatic carbocycles. The van der Waals surface area contributed by atoms with E-state index >= 15 is 0 Å². The molecule has 214 valence electrons. The molecule has 1 aromatic carbocycles. The van der Waals surface area contributed by atoms with Gasteiger partial charge in [0.15, 0.2) is 0 Å². The van der Waals surface area contributed by atoms with Crippen LogP contribution in [0.5, 0.6) is 5.75 Å². The molecular weight excluding hydrogens is 658 g/mol. The van der Waals surface area contributed by atoms with Gasteiger partial charge in [-0.05, 0) is 90.1 Å². The second kappa shape index (κ2) is 13.8. The molecule has 5 nitrogen and oxygen atoms in total. The molecule has 2 heterocycles. The summed E-state index contributed by atoms with van der Waals surface area (Å²) in [6.07, 6.45) is 16.1. The molecule has 0 radical (unpaired) electrons. The average Bonchev–Trinajstić information content (AvgIpc) is 3.22. The maximum Gasteiger partial charge on any atom is 0.233 e. The summed E-state index contributed by atoms with van der Waals surface area (Å²) in [6.45, 7) is 8.03. The van der Waals surface area contributed by atoms with Crippen LogP contribution < -0.4 is 15.4 Å². The number of ether oxygens (including phenoxy) is 1. The lowest BCUT2D eigenvalue weighted by Crippen LogP contribution is -2.56. The van der Waals surface area contributed by atoms with Crippen LogP contribution in [-0.4, -0.2) is 17.9 Å². The van der Waals surface area contributed by atoms with Crippen molar-refractivity contribution in [3.63, 3.8) is 0 Å². The summed E-state index contributed by atoms with van der Waals surface area (Å²) < 4.78 is 7.65. The van der Waals surface area contributed by atoms with Crippen molar-refractivity contribution >= 4 is 57.6 Å². The summed E-state index contributed by atoms with van der Waals surface area (Å²) in [5.74, 6) is 0.142. The van der Waals surface area contributed by atoms with Gasteiger partial charge in [-0.15, -0.1) is 0 Å². The van der Waals surface area contributed by atoms with E-state index in [1.807, 2.05) is 30.4 Å². The summed E-state index contributed by atoms with van der Waals surface area (Å²) in [5.41, 5.74) is 0.568. The highest BCUT2D eigenvalue weighted by Crippen LogP contribution is 2.57. The number of hydrogen-bond acceptors (Lipinski definition) is 3. The number of allylic oxidation sites excluding steroid dienone is 9. The van der Waals surface area contributed by atoms with Gasteiger partial charge >= 0.3 is 0 Å². The zero-order valence-corrected chi connectivity index (χ0v) is 26.7. The minimum Gasteiger partial charge on any atom is -0.490 e. The number of nitrogens with one attached hydrogen (secondary N) is 2. The third-order valence-electron chi connectivity index (χ3n) is 8.04. The number of amides is 2. The second-order valence-electron chi connectivity index (χ2n) is 10.8. The first-order valence-electron chi connectivity index (χ1n) is 14.0.